The van der Waals surface area contributed by atoms with Gasteiger partial charge in [0.1, 0.15) is 11.8 Å². The molecule has 4 amide bonds. The number of carbonyl (C=O) groups is 3. The number of urea groups is 1. The van der Waals surface area contributed by atoms with Gasteiger partial charge in [0.2, 0.25) is 5.91 Å². The smallest absolute Gasteiger partial charge is 0.332 e. The first kappa shape index (κ1) is 22.0. The standard InChI is InChI=1S/C25H24N4O4/c1-2-33-21-13-11-18(12-14-21)27-23(30)16-22-24(31)29(20-9-4-3-5-10-20)25(32)28(22)17-19-8-6-7-15-26-19/h3-15,22H,2,16-17H2,1H3,(H,27,30)/t22-/m1/s1. The van der Waals surface area contributed by atoms with Gasteiger partial charge in [-0.1, -0.05) is 24.3 Å². The van der Waals surface area contributed by atoms with Gasteiger partial charge in [-0.05, 0) is 55.5 Å². The van der Waals surface area contributed by atoms with Crippen molar-refractivity contribution in [3.63, 3.8) is 0 Å². The monoisotopic (exact) mass is 444 g/mol. The Bertz CT molecular complexity index is 1120. The summed E-state index contributed by atoms with van der Waals surface area (Å²) in [6.07, 6.45) is 1.45. The first-order valence-electron chi connectivity index (χ1n) is 10.7. The summed E-state index contributed by atoms with van der Waals surface area (Å²) in [5.74, 6) is -0.109. The SMILES string of the molecule is CCOc1ccc(NC(=O)C[C@@H]2C(=O)N(c3ccccc3)C(=O)N2Cc2ccccn2)cc1. The molecule has 1 saturated heterocycles. The average molecular weight is 444 g/mol. The fourth-order valence-electron chi connectivity index (χ4n) is 3.68. The number of amides is 4. The maximum atomic E-state index is 13.3. The minimum absolute atomic E-state index is 0.121. The van der Waals surface area contributed by atoms with Crippen molar-refractivity contribution in [2.24, 2.45) is 0 Å². The van der Waals surface area contributed by atoms with Crippen LogP contribution in [0.5, 0.6) is 5.75 Å². The summed E-state index contributed by atoms with van der Waals surface area (Å²) in [7, 11) is 0. The minimum Gasteiger partial charge on any atom is -0.494 e. The van der Waals surface area contributed by atoms with Crippen molar-refractivity contribution >= 4 is 29.2 Å². The van der Waals surface area contributed by atoms with E-state index in [1.807, 2.05) is 19.1 Å². The van der Waals surface area contributed by atoms with E-state index in [2.05, 4.69) is 10.3 Å². The van der Waals surface area contributed by atoms with Crippen LogP contribution in [-0.2, 0) is 16.1 Å². The van der Waals surface area contributed by atoms with Crippen LogP contribution in [0.25, 0.3) is 0 Å². The van der Waals surface area contributed by atoms with Crippen molar-refractivity contribution in [3.05, 3.63) is 84.7 Å². The van der Waals surface area contributed by atoms with Gasteiger partial charge in [-0.15, -0.1) is 0 Å². The van der Waals surface area contributed by atoms with Crippen molar-refractivity contribution in [3.8, 4) is 5.75 Å². The van der Waals surface area contributed by atoms with Crippen LogP contribution in [0.4, 0.5) is 16.2 Å². The zero-order valence-corrected chi connectivity index (χ0v) is 18.2. The second kappa shape index (κ2) is 9.95. The number of hydrogen-bond donors (Lipinski definition) is 1. The molecule has 0 radical (unpaired) electrons. The van der Waals surface area contributed by atoms with E-state index < -0.39 is 18.0 Å². The number of nitrogens with zero attached hydrogens (tertiary/aromatic N) is 3. The highest BCUT2D eigenvalue weighted by Crippen LogP contribution is 2.28. The van der Waals surface area contributed by atoms with E-state index in [1.165, 1.54) is 4.90 Å². The van der Waals surface area contributed by atoms with Gasteiger partial charge in [0.15, 0.2) is 0 Å². The van der Waals surface area contributed by atoms with Crippen LogP contribution in [-0.4, -0.2) is 40.4 Å². The molecule has 2 aromatic carbocycles. The number of ether oxygens (including phenoxy) is 1. The molecule has 1 aliphatic rings. The van der Waals surface area contributed by atoms with E-state index >= 15 is 0 Å². The van der Waals surface area contributed by atoms with Crippen molar-refractivity contribution in [1.82, 2.24) is 9.88 Å². The Labute approximate surface area is 191 Å². The molecular formula is C25H24N4O4. The van der Waals surface area contributed by atoms with Gasteiger partial charge in [-0.25, -0.2) is 9.69 Å². The number of carbonyl (C=O) groups excluding carboxylic acids is 3. The van der Waals surface area contributed by atoms with Crippen LogP contribution in [0.3, 0.4) is 0 Å². The van der Waals surface area contributed by atoms with E-state index in [0.29, 0.717) is 29.4 Å². The maximum Gasteiger partial charge on any atom is 0.332 e. The topological polar surface area (TPSA) is 91.8 Å². The molecule has 2 heterocycles. The Morgan fingerprint density at radius 3 is 2.39 bits per heavy atom. The molecule has 8 nitrogen and oxygen atoms in total. The number of hydrogen-bond acceptors (Lipinski definition) is 5. The van der Waals surface area contributed by atoms with Crippen LogP contribution >= 0.6 is 0 Å². The second-order valence-corrected chi connectivity index (χ2v) is 7.47. The Morgan fingerprint density at radius 2 is 1.73 bits per heavy atom. The number of pyridine rings is 1. The average Bonchev–Trinajstić information content (AvgIpc) is 3.05. The van der Waals surface area contributed by atoms with Gasteiger partial charge < -0.3 is 15.0 Å². The van der Waals surface area contributed by atoms with Gasteiger partial charge in [0.05, 0.1) is 31.0 Å². The minimum atomic E-state index is -0.942. The molecule has 33 heavy (non-hydrogen) atoms. The van der Waals surface area contributed by atoms with E-state index in [9.17, 15) is 14.4 Å². The molecule has 1 aromatic heterocycles. The fourth-order valence-corrected chi connectivity index (χ4v) is 3.68. The molecule has 0 unspecified atom stereocenters. The Hall–Kier alpha value is -4.20. The second-order valence-electron chi connectivity index (χ2n) is 7.47. The summed E-state index contributed by atoms with van der Waals surface area (Å²) in [4.78, 5) is 46.1. The summed E-state index contributed by atoms with van der Waals surface area (Å²) in [5, 5.41) is 2.79. The molecule has 168 valence electrons. The number of rotatable bonds is 8. The Morgan fingerprint density at radius 1 is 1.00 bits per heavy atom. The third kappa shape index (κ3) is 5.01. The molecular weight excluding hydrogens is 420 g/mol. The third-order valence-corrected chi connectivity index (χ3v) is 5.22. The van der Waals surface area contributed by atoms with Gasteiger partial charge >= 0.3 is 6.03 Å². The number of imide groups is 1. The van der Waals surface area contributed by atoms with E-state index in [-0.39, 0.29) is 18.9 Å². The van der Waals surface area contributed by atoms with Crippen molar-refractivity contribution < 1.29 is 19.1 Å². The highest BCUT2D eigenvalue weighted by atomic mass is 16.5. The van der Waals surface area contributed by atoms with Gasteiger partial charge in [-0.3, -0.25) is 14.6 Å². The van der Waals surface area contributed by atoms with E-state index in [0.717, 1.165) is 4.90 Å². The predicted octanol–water partition coefficient (Wildman–Crippen LogP) is 3.85. The van der Waals surface area contributed by atoms with Crippen LogP contribution < -0.4 is 15.0 Å². The summed E-state index contributed by atoms with van der Waals surface area (Å²) in [6.45, 7) is 2.56. The lowest BCUT2D eigenvalue weighted by Crippen LogP contribution is -2.37. The predicted molar refractivity (Wildman–Crippen MR) is 124 cm³/mol. The molecule has 1 fully saturated rings. The number of anilines is 2. The molecule has 8 heteroatoms. The van der Waals surface area contributed by atoms with Crippen molar-refractivity contribution in [1.29, 1.82) is 0 Å². The summed E-state index contributed by atoms with van der Waals surface area (Å²) < 4.78 is 5.41. The molecule has 3 aromatic rings. The van der Waals surface area contributed by atoms with Crippen molar-refractivity contribution in [2.45, 2.75) is 25.9 Å². The third-order valence-electron chi connectivity index (χ3n) is 5.22. The lowest BCUT2D eigenvalue weighted by molar-refractivity contribution is -0.124. The molecule has 1 N–H and O–H groups in total. The Balaban J connectivity index is 1.54. The number of benzene rings is 2. The largest absolute Gasteiger partial charge is 0.494 e. The molecule has 1 atom stereocenters. The van der Waals surface area contributed by atoms with Gasteiger partial charge in [-0.2, -0.15) is 0 Å². The first-order chi connectivity index (χ1) is 16.1. The number of aromatic nitrogens is 1. The summed E-state index contributed by atoms with van der Waals surface area (Å²) in [5.41, 5.74) is 1.68. The lowest BCUT2D eigenvalue weighted by Gasteiger charge is -2.21. The molecule has 0 saturated carbocycles. The van der Waals surface area contributed by atoms with E-state index in [4.69, 9.17) is 4.74 Å². The molecule has 4 rings (SSSR count). The van der Waals surface area contributed by atoms with E-state index in [1.54, 1.807) is 66.9 Å². The molecule has 0 bridgehead atoms. The molecule has 0 spiro atoms. The number of para-hydroxylation sites is 1. The quantitative estimate of drug-likeness (QED) is 0.533. The van der Waals surface area contributed by atoms with Crippen molar-refractivity contribution in [2.75, 3.05) is 16.8 Å². The first-order valence-corrected chi connectivity index (χ1v) is 10.7. The van der Waals surface area contributed by atoms with Crippen LogP contribution in [0.2, 0.25) is 0 Å². The maximum absolute atomic E-state index is 13.3. The fraction of sp³-hybridized carbons (Fsp3) is 0.200. The zero-order chi connectivity index (χ0) is 23.2. The summed E-state index contributed by atoms with van der Waals surface area (Å²) in [6, 6.07) is 19.6. The van der Waals surface area contributed by atoms with Crippen LogP contribution in [0.1, 0.15) is 19.0 Å². The highest BCUT2D eigenvalue weighted by molar-refractivity contribution is 6.22. The lowest BCUT2D eigenvalue weighted by atomic mass is 10.1. The van der Waals surface area contributed by atoms with Crippen LogP contribution in [0, 0.1) is 0 Å². The number of nitrogens with one attached hydrogen (secondary N) is 1. The van der Waals surface area contributed by atoms with Gasteiger partial charge in [0, 0.05) is 11.9 Å². The summed E-state index contributed by atoms with van der Waals surface area (Å²) >= 11 is 0. The molecule has 0 aliphatic carbocycles. The normalized spacial score (nSPS) is 15.6. The van der Waals surface area contributed by atoms with Gasteiger partial charge in [0.25, 0.3) is 5.91 Å². The Kier molecular flexibility index (Phi) is 6.64. The molecule has 1 aliphatic heterocycles. The highest BCUT2D eigenvalue weighted by Gasteiger charge is 2.46. The zero-order valence-electron chi connectivity index (χ0n) is 18.2. The van der Waals surface area contributed by atoms with Crippen LogP contribution in [0.15, 0.2) is 79.0 Å².